The number of nitrogens with two attached hydrogens (primary N) is 1. The largest absolute Gasteiger partial charge is 0.394 e. The van der Waals surface area contributed by atoms with Crippen LogP contribution >= 0.6 is 0 Å². The molecule has 0 amide bonds. The number of rotatable bonds is 5. The molecule has 1 atom stereocenters. The third kappa shape index (κ3) is 3.23. The van der Waals surface area contributed by atoms with Crippen LogP contribution in [0.5, 0.6) is 0 Å². The first-order valence-electron chi connectivity index (χ1n) is 9.54. The number of nitrogens with zero attached hydrogens (tertiary/aromatic N) is 5. The summed E-state index contributed by atoms with van der Waals surface area (Å²) in [5.41, 5.74) is 9.77. The van der Waals surface area contributed by atoms with E-state index in [9.17, 15) is 5.11 Å². The maximum atomic E-state index is 9.73. The molecule has 3 N–H and O–H groups in total. The summed E-state index contributed by atoms with van der Waals surface area (Å²) in [6.45, 7) is 5.11. The van der Waals surface area contributed by atoms with Gasteiger partial charge in [0.15, 0.2) is 5.65 Å². The molecule has 0 bridgehead atoms. The van der Waals surface area contributed by atoms with Gasteiger partial charge in [-0.05, 0) is 32.3 Å². The lowest BCUT2D eigenvalue weighted by atomic mass is 10.1. The van der Waals surface area contributed by atoms with Gasteiger partial charge in [-0.3, -0.25) is 4.57 Å². The molecule has 3 heterocycles. The Labute approximate surface area is 158 Å². The van der Waals surface area contributed by atoms with E-state index in [0.29, 0.717) is 18.3 Å². The summed E-state index contributed by atoms with van der Waals surface area (Å²) < 4.78 is 1.96. The van der Waals surface area contributed by atoms with E-state index in [0.717, 1.165) is 36.2 Å². The van der Waals surface area contributed by atoms with Crippen molar-refractivity contribution in [2.24, 2.45) is 0 Å². The molecule has 1 fully saturated rings. The molecule has 3 aromatic rings. The van der Waals surface area contributed by atoms with Crippen LogP contribution in [0.15, 0.2) is 30.3 Å². The molecule has 7 nitrogen and oxygen atoms in total. The monoisotopic (exact) mass is 366 g/mol. The van der Waals surface area contributed by atoms with E-state index in [2.05, 4.69) is 35.9 Å². The Morgan fingerprint density at radius 1 is 1.19 bits per heavy atom. The van der Waals surface area contributed by atoms with Crippen molar-refractivity contribution in [2.75, 3.05) is 23.8 Å². The van der Waals surface area contributed by atoms with Gasteiger partial charge in [0.25, 0.3) is 0 Å². The minimum Gasteiger partial charge on any atom is -0.394 e. The third-order valence-electron chi connectivity index (χ3n) is 5.20. The molecule has 4 rings (SSSR count). The van der Waals surface area contributed by atoms with Crippen molar-refractivity contribution < 1.29 is 5.11 Å². The van der Waals surface area contributed by atoms with Crippen LogP contribution in [-0.2, 0) is 6.42 Å². The second-order valence-electron chi connectivity index (χ2n) is 7.41. The first-order valence-corrected chi connectivity index (χ1v) is 9.54. The number of aliphatic hydroxyl groups is 1. The normalized spacial score (nSPS) is 17.3. The Balaban J connectivity index is 1.87. The molecule has 0 radical (unpaired) electrons. The fraction of sp³-hybridized carbons (Fsp3) is 0.450. The molecule has 0 aliphatic carbocycles. The standard InChI is InChI=1S/C20H26N6O/c1-13(2)26-18-17(23-19(26)21)16(11-14-7-4-3-5-8-14)22-20(24-18)25-10-6-9-15(25)12-27/h3-5,7-8,13,15,27H,6,9-12H2,1-2H3,(H2,21,23)/t15-/m1/s1. The van der Waals surface area contributed by atoms with Gasteiger partial charge in [-0.25, -0.2) is 9.97 Å². The Morgan fingerprint density at radius 2 is 1.96 bits per heavy atom. The number of nitrogen functional groups attached to an aromatic ring is 1. The number of benzene rings is 1. The van der Waals surface area contributed by atoms with Crippen molar-refractivity contribution in [3.8, 4) is 0 Å². The Morgan fingerprint density at radius 3 is 2.67 bits per heavy atom. The van der Waals surface area contributed by atoms with Crippen molar-refractivity contribution in [3.05, 3.63) is 41.6 Å². The van der Waals surface area contributed by atoms with Gasteiger partial charge in [0.2, 0.25) is 11.9 Å². The molecule has 142 valence electrons. The van der Waals surface area contributed by atoms with Crippen LogP contribution in [0.25, 0.3) is 11.2 Å². The molecule has 1 aromatic carbocycles. The van der Waals surface area contributed by atoms with E-state index in [1.54, 1.807) is 0 Å². The molecule has 1 saturated heterocycles. The summed E-state index contributed by atoms with van der Waals surface area (Å²) in [6, 6.07) is 10.4. The van der Waals surface area contributed by atoms with Gasteiger partial charge in [-0.1, -0.05) is 30.3 Å². The first-order chi connectivity index (χ1) is 13.1. The zero-order valence-electron chi connectivity index (χ0n) is 15.8. The number of imidazole rings is 1. The van der Waals surface area contributed by atoms with Crippen molar-refractivity contribution in [3.63, 3.8) is 0 Å². The summed E-state index contributed by atoms with van der Waals surface area (Å²) in [5, 5.41) is 9.73. The molecule has 27 heavy (non-hydrogen) atoms. The van der Waals surface area contributed by atoms with Crippen LogP contribution in [0.3, 0.4) is 0 Å². The van der Waals surface area contributed by atoms with E-state index in [1.807, 2.05) is 22.8 Å². The zero-order chi connectivity index (χ0) is 19.0. The molecular formula is C20H26N6O. The smallest absolute Gasteiger partial charge is 0.228 e. The lowest BCUT2D eigenvalue weighted by Gasteiger charge is -2.23. The first kappa shape index (κ1) is 17.7. The van der Waals surface area contributed by atoms with Crippen molar-refractivity contribution in [1.29, 1.82) is 0 Å². The number of aliphatic hydroxyl groups excluding tert-OH is 1. The van der Waals surface area contributed by atoms with Gasteiger partial charge >= 0.3 is 0 Å². The molecule has 1 aliphatic heterocycles. The fourth-order valence-corrected chi connectivity index (χ4v) is 3.87. The molecule has 2 aromatic heterocycles. The van der Waals surface area contributed by atoms with Crippen LogP contribution in [0.1, 0.15) is 44.0 Å². The average molecular weight is 366 g/mol. The number of aromatic nitrogens is 4. The lowest BCUT2D eigenvalue weighted by Crippen LogP contribution is -2.33. The van der Waals surface area contributed by atoms with E-state index in [-0.39, 0.29) is 18.7 Å². The van der Waals surface area contributed by atoms with Gasteiger partial charge in [-0.2, -0.15) is 4.98 Å². The maximum Gasteiger partial charge on any atom is 0.228 e. The van der Waals surface area contributed by atoms with Gasteiger partial charge in [0.05, 0.1) is 18.3 Å². The van der Waals surface area contributed by atoms with Gasteiger partial charge in [-0.15, -0.1) is 0 Å². The third-order valence-corrected chi connectivity index (χ3v) is 5.20. The molecular weight excluding hydrogens is 340 g/mol. The van der Waals surface area contributed by atoms with Crippen molar-refractivity contribution in [1.82, 2.24) is 19.5 Å². The predicted octanol–water partition coefficient (Wildman–Crippen LogP) is 2.54. The Bertz CT molecular complexity index is 937. The summed E-state index contributed by atoms with van der Waals surface area (Å²) in [6.07, 6.45) is 2.66. The zero-order valence-corrected chi connectivity index (χ0v) is 15.8. The summed E-state index contributed by atoms with van der Waals surface area (Å²) >= 11 is 0. The van der Waals surface area contributed by atoms with E-state index >= 15 is 0 Å². The summed E-state index contributed by atoms with van der Waals surface area (Å²) in [5.74, 6) is 1.12. The maximum absolute atomic E-state index is 9.73. The number of fused-ring (bicyclic) bond motifs is 1. The lowest BCUT2D eigenvalue weighted by molar-refractivity contribution is 0.265. The number of hydrogen-bond donors (Lipinski definition) is 2. The van der Waals surface area contributed by atoms with Crippen LogP contribution < -0.4 is 10.6 Å². The topological polar surface area (TPSA) is 93.1 Å². The predicted molar refractivity (Wildman–Crippen MR) is 107 cm³/mol. The number of hydrogen-bond acceptors (Lipinski definition) is 6. The van der Waals surface area contributed by atoms with Crippen molar-refractivity contribution in [2.45, 2.75) is 45.2 Å². The SMILES string of the molecule is CC(C)n1c(N)nc2c(Cc3ccccc3)nc(N3CCC[C@@H]3CO)nc21. The van der Waals surface area contributed by atoms with Crippen LogP contribution in [0, 0.1) is 0 Å². The number of anilines is 2. The highest BCUT2D eigenvalue weighted by molar-refractivity contribution is 5.78. The Hall–Kier alpha value is -2.67. The van der Waals surface area contributed by atoms with Crippen LogP contribution in [0.4, 0.5) is 11.9 Å². The molecule has 0 unspecified atom stereocenters. The van der Waals surface area contributed by atoms with Crippen LogP contribution in [-0.4, -0.2) is 43.8 Å². The second-order valence-corrected chi connectivity index (χ2v) is 7.41. The van der Waals surface area contributed by atoms with Crippen molar-refractivity contribution >= 4 is 23.1 Å². The van der Waals surface area contributed by atoms with E-state index in [4.69, 9.17) is 15.7 Å². The highest BCUT2D eigenvalue weighted by atomic mass is 16.3. The fourth-order valence-electron chi connectivity index (χ4n) is 3.87. The van der Waals surface area contributed by atoms with E-state index < -0.39 is 0 Å². The highest BCUT2D eigenvalue weighted by Crippen LogP contribution is 2.29. The second kappa shape index (κ2) is 7.15. The quantitative estimate of drug-likeness (QED) is 0.721. The van der Waals surface area contributed by atoms with Gasteiger partial charge in [0, 0.05) is 19.0 Å². The molecule has 0 saturated carbocycles. The summed E-state index contributed by atoms with van der Waals surface area (Å²) in [4.78, 5) is 16.4. The van der Waals surface area contributed by atoms with Gasteiger partial charge < -0.3 is 15.7 Å². The molecule has 7 heteroatoms. The minimum absolute atomic E-state index is 0.0693. The van der Waals surface area contributed by atoms with E-state index in [1.165, 1.54) is 5.56 Å². The summed E-state index contributed by atoms with van der Waals surface area (Å²) in [7, 11) is 0. The average Bonchev–Trinajstić information content (AvgIpc) is 3.26. The minimum atomic E-state index is 0.0693. The van der Waals surface area contributed by atoms with Crippen LogP contribution in [0.2, 0.25) is 0 Å². The van der Waals surface area contributed by atoms with Gasteiger partial charge in [0.1, 0.15) is 5.52 Å². The highest BCUT2D eigenvalue weighted by Gasteiger charge is 2.28. The molecule has 0 spiro atoms. The molecule has 1 aliphatic rings. The Kier molecular flexibility index (Phi) is 4.70.